The number of likely N-dealkylation sites (N-methyl/N-ethyl adjacent to an activating group) is 1. The van der Waals surface area contributed by atoms with Crippen molar-refractivity contribution in [2.24, 2.45) is 0 Å². The second-order valence-corrected chi connectivity index (χ2v) is 4.51. The normalized spacial score (nSPS) is 11.1. The van der Waals surface area contributed by atoms with Crippen molar-refractivity contribution in [3.63, 3.8) is 0 Å². The van der Waals surface area contributed by atoms with E-state index in [2.05, 4.69) is 4.98 Å². The Morgan fingerprint density at radius 3 is 2.43 bits per heavy atom. The zero-order chi connectivity index (χ0) is 16.2. The number of carbonyl (C=O) groups excluding carboxylic acids is 2. The fourth-order valence-corrected chi connectivity index (χ4v) is 1.47. The SMILES string of the molecule is CN(C)C(=O)CN(CC(F)(F)F)C(=O)c1ncccc1N. The Bertz CT molecular complexity index is 531. The molecule has 0 aliphatic heterocycles. The van der Waals surface area contributed by atoms with Gasteiger partial charge < -0.3 is 15.5 Å². The van der Waals surface area contributed by atoms with Crippen LogP contribution < -0.4 is 5.73 Å². The van der Waals surface area contributed by atoms with Gasteiger partial charge in [-0.3, -0.25) is 9.59 Å². The first-order valence-electron chi connectivity index (χ1n) is 5.88. The average molecular weight is 304 g/mol. The van der Waals surface area contributed by atoms with Crippen LogP contribution in [0.2, 0.25) is 0 Å². The van der Waals surface area contributed by atoms with Crippen molar-refractivity contribution in [2.45, 2.75) is 6.18 Å². The molecule has 6 nitrogen and oxygen atoms in total. The Kier molecular flexibility index (Phi) is 5.12. The number of pyridine rings is 1. The van der Waals surface area contributed by atoms with Gasteiger partial charge in [-0.25, -0.2) is 4.98 Å². The van der Waals surface area contributed by atoms with Crippen LogP contribution in [0.25, 0.3) is 0 Å². The van der Waals surface area contributed by atoms with Crippen LogP contribution in [-0.2, 0) is 4.79 Å². The zero-order valence-corrected chi connectivity index (χ0v) is 11.5. The van der Waals surface area contributed by atoms with Crippen molar-refractivity contribution >= 4 is 17.5 Å². The molecule has 116 valence electrons. The molecule has 0 spiro atoms. The number of aromatic nitrogens is 1. The van der Waals surface area contributed by atoms with Crippen molar-refractivity contribution in [3.8, 4) is 0 Å². The number of nitrogens with zero attached hydrogens (tertiary/aromatic N) is 3. The Hall–Kier alpha value is -2.32. The van der Waals surface area contributed by atoms with Crippen molar-refractivity contribution in [2.75, 3.05) is 32.9 Å². The minimum absolute atomic E-state index is 0.0491. The number of hydrogen-bond acceptors (Lipinski definition) is 4. The van der Waals surface area contributed by atoms with Crippen LogP contribution in [-0.4, -0.2) is 60.0 Å². The van der Waals surface area contributed by atoms with E-state index in [-0.39, 0.29) is 11.4 Å². The summed E-state index contributed by atoms with van der Waals surface area (Å²) >= 11 is 0. The number of amides is 2. The van der Waals surface area contributed by atoms with E-state index in [4.69, 9.17) is 5.73 Å². The summed E-state index contributed by atoms with van der Waals surface area (Å²) in [7, 11) is 2.77. The lowest BCUT2D eigenvalue weighted by Gasteiger charge is -2.24. The molecule has 0 aliphatic carbocycles. The van der Waals surface area contributed by atoms with E-state index in [1.165, 1.54) is 32.4 Å². The molecule has 2 N–H and O–H groups in total. The Balaban J connectivity index is 3.03. The summed E-state index contributed by atoms with van der Waals surface area (Å²) in [6.45, 7) is -2.26. The highest BCUT2D eigenvalue weighted by molar-refractivity contribution is 5.98. The molecule has 0 aromatic carbocycles. The quantitative estimate of drug-likeness (QED) is 0.890. The van der Waals surface area contributed by atoms with Crippen molar-refractivity contribution in [1.29, 1.82) is 0 Å². The maximum Gasteiger partial charge on any atom is 0.406 e. The summed E-state index contributed by atoms with van der Waals surface area (Å²) < 4.78 is 37.7. The van der Waals surface area contributed by atoms with E-state index in [9.17, 15) is 22.8 Å². The van der Waals surface area contributed by atoms with Crippen molar-refractivity contribution in [3.05, 3.63) is 24.0 Å². The largest absolute Gasteiger partial charge is 0.406 e. The maximum absolute atomic E-state index is 12.6. The lowest BCUT2D eigenvalue weighted by atomic mass is 10.2. The van der Waals surface area contributed by atoms with Gasteiger partial charge in [0.1, 0.15) is 13.1 Å². The van der Waals surface area contributed by atoms with Crippen LogP contribution >= 0.6 is 0 Å². The summed E-state index contributed by atoms with van der Waals surface area (Å²) in [6.07, 6.45) is -3.39. The smallest absolute Gasteiger partial charge is 0.397 e. The van der Waals surface area contributed by atoms with Gasteiger partial charge in [0, 0.05) is 20.3 Å². The summed E-state index contributed by atoms with van der Waals surface area (Å²) in [5.41, 5.74) is 5.17. The lowest BCUT2D eigenvalue weighted by molar-refractivity contribution is -0.146. The lowest BCUT2D eigenvalue weighted by Crippen LogP contribution is -2.45. The van der Waals surface area contributed by atoms with Gasteiger partial charge in [-0.15, -0.1) is 0 Å². The first kappa shape index (κ1) is 16.7. The van der Waals surface area contributed by atoms with E-state index in [0.717, 1.165) is 4.90 Å². The number of carbonyl (C=O) groups is 2. The first-order chi connectivity index (χ1) is 9.61. The zero-order valence-electron chi connectivity index (χ0n) is 11.5. The summed E-state index contributed by atoms with van der Waals surface area (Å²) in [6, 6.07) is 2.80. The van der Waals surface area contributed by atoms with Gasteiger partial charge in [0.2, 0.25) is 5.91 Å². The fourth-order valence-electron chi connectivity index (χ4n) is 1.47. The molecule has 1 rings (SSSR count). The third-order valence-corrected chi connectivity index (χ3v) is 2.52. The standard InChI is InChI=1S/C12H15F3N4O2/c1-18(2)9(20)6-19(7-12(13,14)15)11(21)10-8(16)4-3-5-17-10/h3-5H,6-7,16H2,1-2H3. The van der Waals surface area contributed by atoms with Crippen LogP contribution in [0.4, 0.5) is 18.9 Å². The second-order valence-electron chi connectivity index (χ2n) is 4.51. The van der Waals surface area contributed by atoms with Gasteiger partial charge in [0.05, 0.1) is 5.69 Å². The number of hydrogen-bond donors (Lipinski definition) is 1. The fraction of sp³-hybridized carbons (Fsp3) is 0.417. The molecule has 1 heterocycles. The Morgan fingerprint density at radius 2 is 1.95 bits per heavy atom. The Morgan fingerprint density at radius 1 is 1.33 bits per heavy atom. The molecular weight excluding hydrogens is 289 g/mol. The highest BCUT2D eigenvalue weighted by Gasteiger charge is 2.35. The maximum atomic E-state index is 12.6. The first-order valence-corrected chi connectivity index (χ1v) is 5.88. The molecule has 0 atom stereocenters. The molecule has 21 heavy (non-hydrogen) atoms. The van der Waals surface area contributed by atoms with E-state index >= 15 is 0 Å². The van der Waals surface area contributed by atoms with E-state index in [1.807, 2.05) is 0 Å². The van der Waals surface area contributed by atoms with Gasteiger partial charge in [-0.1, -0.05) is 0 Å². The molecule has 1 aromatic rings. The van der Waals surface area contributed by atoms with Crippen LogP contribution in [0.3, 0.4) is 0 Å². The van der Waals surface area contributed by atoms with Crippen LogP contribution in [0, 0.1) is 0 Å². The number of rotatable bonds is 4. The van der Waals surface area contributed by atoms with Crippen molar-refractivity contribution in [1.82, 2.24) is 14.8 Å². The molecule has 0 saturated carbocycles. The molecule has 0 saturated heterocycles. The van der Waals surface area contributed by atoms with Gasteiger partial charge in [0.15, 0.2) is 5.69 Å². The van der Waals surface area contributed by atoms with Crippen molar-refractivity contribution < 1.29 is 22.8 Å². The molecule has 0 fully saturated rings. The second kappa shape index (κ2) is 6.42. The van der Waals surface area contributed by atoms with Crippen LogP contribution in [0.15, 0.2) is 18.3 Å². The number of alkyl halides is 3. The molecule has 0 aliphatic rings. The summed E-state index contributed by atoms with van der Waals surface area (Å²) in [4.78, 5) is 28.8. The highest BCUT2D eigenvalue weighted by Crippen LogP contribution is 2.19. The molecular formula is C12H15F3N4O2. The van der Waals surface area contributed by atoms with Crippen LogP contribution in [0.1, 0.15) is 10.5 Å². The molecule has 0 radical (unpaired) electrons. The molecule has 0 unspecified atom stereocenters. The monoisotopic (exact) mass is 304 g/mol. The third kappa shape index (κ3) is 4.93. The van der Waals surface area contributed by atoms with Gasteiger partial charge >= 0.3 is 6.18 Å². The minimum Gasteiger partial charge on any atom is -0.397 e. The predicted molar refractivity (Wildman–Crippen MR) is 69.3 cm³/mol. The average Bonchev–Trinajstić information content (AvgIpc) is 2.36. The molecule has 2 amide bonds. The van der Waals surface area contributed by atoms with E-state index in [0.29, 0.717) is 4.90 Å². The van der Waals surface area contributed by atoms with Gasteiger partial charge in [0.25, 0.3) is 5.91 Å². The van der Waals surface area contributed by atoms with Gasteiger partial charge in [-0.05, 0) is 12.1 Å². The van der Waals surface area contributed by atoms with E-state index < -0.39 is 31.1 Å². The number of halogens is 3. The van der Waals surface area contributed by atoms with Crippen LogP contribution in [0.5, 0.6) is 0 Å². The predicted octanol–water partition coefficient (Wildman–Crippen LogP) is 0.756. The Labute approximate surface area is 119 Å². The molecule has 9 heteroatoms. The topological polar surface area (TPSA) is 79.5 Å². The molecule has 1 aromatic heterocycles. The van der Waals surface area contributed by atoms with E-state index in [1.54, 1.807) is 0 Å². The number of nitrogens with two attached hydrogens (primary N) is 1. The summed E-state index contributed by atoms with van der Waals surface area (Å²) in [5, 5.41) is 0. The summed E-state index contributed by atoms with van der Waals surface area (Å²) in [5.74, 6) is -1.68. The highest BCUT2D eigenvalue weighted by atomic mass is 19.4. The third-order valence-electron chi connectivity index (χ3n) is 2.52. The number of anilines is 1. The van der Waals surface area contributed by atoms with Gasteiger partial charge in [-0.2, -0.15) is 13.2 Å². The number of nitrogen functional groups attached to an aromatic ring is 1. The minimum atomic E-state index is -4.63. The molecule has 0 bridgehead atoms.